The number of ether oxygens (including phenoxy) is 1. The Morgan fingerprint density at radius 2 is 1.83 bits per heavy atom. The third-order valence-corrected chi connectivity index (χ3v) is 3.56. The molecule has 0 heterocycles. The molecule has 2 aromatic carbocycles. The first-order chi connectivity index (χ1) is 11.1. The van der Waals surface area contributed by atoms with Crippen LogP contribution >= 0.6 is 0 Å². The maximum atomic E-state index is 12.8. The molecule has 1 atom stereocenters. The number of nitrogens with zero attached hydrogens (tertiary/aromatic N) is 1. The number of carbonyl (C=O) groups is 1. The number of primary amides is 1. The van der Waals surface area contributed by atoms with Gasteiger partial charge in [0.25, 0.3) is 0 Å². The molecule has 2 rings (SSSR count). The van der Waals surface area contributed by atoms with Crippen molar-refractivity contribution >= 4 is 5.91 Å². The number of hydrogen-bond donors (Lipinski definition) is 1. The molecule has 2 N–H and O–H groups in total. The minimum absolute atomic E-state index is 0.288. The van der Waals surface area contributed by atoms with Crippen LogP contribution in [0, 0.1) is 5.82 Å². The van der Waals surface area contributed by atoms with Gasteiger partial charge in [-0.2, -0.15) is 0 Å². The monoisotopic (exact) mass is 316 g/mol. The summed E-state index contributed by atoms with van der Waals surface area (Å²) < 4.78 is 18.3. The van der Waals surface area contributed by atoms with Gasteiger partial charge in [0.05, 0.1) is 6.61 Å². The fraction of sp³-hybridized carbons (Fsp3) is 0.278. The molecule has 0 unspecified atom stereocenters. The van der Waals surface area contributed by atoms with E-state index >= 15 is 0 Å². The number of halogens is 1. The predicted octanol–water partition coefficient (Wildman–Crippen LogP) is 2.75. The average molecular weight is 316 g/mol. The molecule has 0 saturated heterocycles. The van der Waals surface area contributed by atoms with E-state index in [1.807, 2.05) is 42.3 Å². The van der Waals surface area contributed by atoms with Crippen LogP contribution in [0.5, 0.6) is 5.75 Å². The van der Waals surface area contributed by atoms with Crippen molar-refractivity contribution in [2.24, 2.45) is 5.73 Å². The van der Waals surface area contributed by atoms with Gasteiger partial charge in [-0.1, -0.05) is 30.3 Å². The molecule has 0 aliphatic heterocycles. The van der Waals surface area contributed by atoms with Gasteiger partial charge >= 0.3 is 0 Å². The number of benzene rings is 2. The molecule has 0 spiro atoms. The van der Waals surface area contributed by atoms with Crippen molar-refractivity contribution in [3.05, 3.63) is 66.0 Å². The molecule has 2 aromatic rings. The molecule has 0 aromatic heterocycles. The Hall–Kier alpha value is -2.40. The molecule has 0 aliphatic carbocycles. The first kappa shape index (κ1) is 17.0. The van der Waals surface area contributed by atoms with Gasteiger partial charge in [-0.05, 0) is 43.3 Å². The number of nitrogens with two attached hydrogens (primary N) is 1. The van der Waals surface area contributed by atoms with E-state index in [0.717, 1.165) is 12.0 Å². The summed E-state index contributed by atoms with van der Waals surface area (Å²) in [4.78, 5) is 13.6. The van der Waals surface area contributed by atoms with Crippen LogP contribution < -0.4 is 10.5 Å². The quantitative estimate of drug-likeness (QED) is 0.762. The van der Waals surface area contributed by atoms with Gasteiger partial charge < -0.3 is 10.5 Å². The Kier molecular flexibility index (Phi) is 6.11. The smallest absolute Gasteiger partial charge is 0.239 e. The van der Waals surface area contributed by atoms with E-state index in [0.29, 0.717) is 18.9 Å². The van der Waals surface area contributed by atoms with E-state index in [4.69, 9.17) is 10.5 Å². The van der Waals surface area contributed by atoms with Crippen LogP contribution in [-0.4, -0.2) is 31.0 Å². The lowest BCUT2D eigenvalue weighted by Gasteiger charge is -2.25. The SMILES string of the molecule is CN(CCCOc1ccc(F)cc1)[C@H](C(N)=O)c1ccccc1. The molecular formula is C18H21FN2O2. The van der Waals surface area contributed by atoms with Crippen LogP contribution in [0.1, 0.15) is 18.0 Å². The van der Waals surface area contributed by atoms with Crippen molar-refractivity contribution in [2.75, 3.05) is 20.2 Å². The number of likely N-dealkylation sites (N-methyl/N-ethyl adjacent to an activating group) is 1. The summed E-state index contributed by atoms with van der Waals surface area (Å²) >= 11 is 0. The van der Waals surface area contributed by atoms with Crippen LogP contribution in [0.2, 0.25) is 0 Å². The third-order valence-electron chi connectivity index (χ3n) is 3.56. The number of carbonyl (C=O) groups excluding carboxylic acids is 1. The average Bonchev–Trinajstić information content (AvgIpc) is 2.54. The van der Waals surface area contributed by atoms with Crippen molar-refractivity contribution in [3.63, 3.8) is 0 Å². The minimum atomic E-state index is -0.456. The van der Waals surface area contributed by atoms with Gasteiger partial charge in [-0.25, -0.2) is 4.39 Å². The lowest BCUT2D eigenvalue weighted by molar-refractivity contribution is -0.123. The van der Waals surface area contributed by atoms with Gasteiger partial charge in [0, 0.05) is 6.54 Å². The van der Waals surface area contributed by atoms with Crippen LogP contribution in [0.15, 0.2) is 54.6 Å². The van der Waals surface area contributed by atoms with Crippen LogP contribution in [-0.2, 0) is 4.79 Å². The van der Waals surface area contributed by atoms with E-state index in [1.54, 1.807) is 12.1 Å². The molecule has 122 valence electrons. The summed E-state index contributed by atoms with van der Waals surface area (Å²) in [7, 11) is 1.86. The lowest BCUT2D eigenvalue weighted by atomic mass is 10.1. The molecular weight excluding hydrogens is 295 g/mol. The van der Waals surface area contributed by atoms with Crippen molar-refractivity contribution in [1.29, 1.82) is 0 Å². The maximum absolute atomic E-state index is 12.8. The summed E-state index contributed by atoms with van der Waals surface area (Å²) in [6.45, 7) is 1.14. The van der Waals surface area contributed by atoms with Gasteiger partial charge in [0.2, 0.25) is 5.91 Å². The number of amides is 1. The van der Waals surface area contributed by atoms with Gasteiger partial charge in [0.1, 0.15) is 17.6 Å². The Bertz CT molecular complexity index is 617. The Labute approximate surface area is 135 Å². The highest BCUT2D eigenvalue weighted by molar-refractivity contribution is 5.81. The highest BCUT2D eigenvalue weighted by atomic mass is 19.1. The molecule has 0 saturated carbocycles. The Morgan fingerprint density at radius 1 is 1.17 bits per heavy atom. The number of hydrogen-bond acceptors (Lipinski definition) is 3. The zero-order chi connectivity index (χ0) is 16.7. The van der Waals surface area contributed by atoms with E-state index < -0.39 is 6.04 Å². The van der Waals surface area contributed by atoms with E-state index in [-0.39, 0.29) is 11.7 Å². The molecule has 0 fully saturated rings. The minimum Gasteiger partial charge on any atom is -0.494 e. The number of rotatable bonds is 8. The molecule has 0 bridgehead atoms. The summed E-state index contributed by atoms with van der Waals surface area (Å²) in [6, 6.07) is 14.9. The van der Waals surface area contributed by atoms with Crippen LogP contribution in [0.3, 0.4) is 0 Å². The lowest BCUT2D eigenvalue weighted by Crippen LogP contribution is -2.36. The largest absolute Gasteiger partial charge is 0.494 e. The highest BCUT2D eigenvalue weighted by Crippen LogP contribution is 2.19. The maximum Gasteiger partial charge on any atom is 0.239 e. The Balaban J connectivity index is 1.84. The molecule has 0 radical (unpaired) electrons. The predicted molar refractivity (Wildman–Crippen MR) is 87.5 cm³/mol. The first-order valence-corrected chi connectivity index (χ1v) is 7.51. The second-order valence-corrected chi connectivity index (χ2v) is 5.35. The zero-order valence-corrected chi connectivity index (χ0v) is 13.1. The van der Waals surface area contributed by atoms with Crippen molar-refractivity contribution in [2.45, 2.75) is 12.5 Å². The molecule has 4 nitrogen and oxygen atoms in total. The highest BCUT2D eigenvalue weighted by Gasteiger charge is 2.22. The van der Waals surface area contributed by atoms with E-state index in [2.05, 4.69) is 0 Å². The van der Waals surface area contributed by atoms with Gasteiger partial charge in [-0.3, -0.25) is 9.69 Å². The summed E-state index contributed by atoms with van der Waals surface area (Å²) in [5, 5.41) is 0. The van der Waals surface area contributed by atoms with Crippen molar-refractivity contribution in [1.82, 2.24) is 4.90 Å². The van der Waals surface area contributed by atoms with E-state index in [9.17, 15) is 9.18 Å². The second-order valence-electron chi connectivity index (χ2n) is 5.35. The zero-order valence-electron chi connectivity index (χ0n) is 13.1. The van der Waals surface area contributed by atoms with E-state index in [1.165, 1.54) is 12.1 Å². The summed E-state index contributed by atoms with van der Waals surface area (Å²) in [5.74, 6) is -0.0361. The third kappa shape index (κ3) is 5.07. The molecule has 1 amide bonds. The fourth-order valence-corrected chi connectivity index (χ4v) is 2.44. The normalized spacial score (nSPS) is 12.1. The fourth-order valence-electron chi connectivity index (χ4n) is 2.44. The van der Waals surface area contributed by atoms with Gasteiger partial charge in [-0.15, -0.1) is 0 Å². The van der Waals surface area contributed by atoms with Crippen LogP contribution in [0.25, 0.3) is 0 Å². The Morgan fingerprint density at radius 3 is 2.43 bits per heavy atom. The summed E-state index contributed by atoms with van der Waals surface area (Å²) in [5.41, 5.74) is 6.41. The van der Waals surface area contributed by atoms with Crippen molar-refractivity contribution < 1.29 is 13.9 Å². The molecule has 5 heteroatoms. The van der Waals surface area contributed by atoms with Crippen molar-refractivity contribution in [3.8, 4) is 5.75 Å². The first-order valence-electron chi connectivity index (χ1n) is 7.51. The standard InChI is InChI=1S/C18H21FN2O2/c1-21(17(18(20)22)14-6-3-2-4-7-14)12-5-13-23-16-10-8-15(19)9-11-16/h2-4,6-11,17H,5,12-13H2,1H3,(H2,20,22)/t17-/m0/s1. The topological polar surface area (TPSA) is 55.6 Å². The summed E-state index contributed by atoms with van der Waals surface area (Å²) in [6.07, 6.45) is 0.727. The second kappa shape index (κ2) is 8.29. The van der Waals surface area contributed by atoms with Crippen LogP contribution in [0.4, 0.5) is 4.39 Å². The van der Waals surface area contributed by atoms with Gasteiger partial charge in [0.15, 0.2) is 0 Å². The molecule has 0 aliphatic rings. The molecule has 23 heavy (non-hydrogen) atoms.